The summed E-state index contributed by atoms with van der Waals surface area (Å²) in [4.78, 5) is 25.1. The normalized spacial score (nSPS) is 19.9. The summed E-state index contributed by atoms with van der Waals surface area (Å²) < 4.78 is 17.5. The van der Waals surface area contributed by atoms with Crippen molar-refractivity contribution in [3.8, 4) is 34.2 Å². The number of carbonyl (C=O) groups excluding carboxylic acids is 1. The van der Waals surface area contributed by atoms with Crippen molar-refractivity contribution in [1.29, 1.82) is 5.26 Å². The van der Waals surface area contributed by atoms with Gasteiger partial charge in [-0.3, -0.25) is 9.78 Å². The number of nitrogens with zero attached hydrogens (tertiary/aromatic N) is 4. The van der Waals surface area contributed by atoms with Gasteiger partial charge in [-0.1, -0.05) is 42.5 Å². The quantitative estimate of drug-likeness (QED) is 0.197. The first-order valence-corrected chi connectivity index (χ1v) is 15.9. The molecule has 3 N–H and O–H groups in total. The number of aryl methyl sites for hydroxylation is 1. The number of hydrogen-bond donors (Lipinski definition) is 3. The summed E-state index contributed by atoms with van der Waals surface area (Å²) in [6.07, 6.45) is 3.26. The first-order chi connectivity index (χ1) is 23.0. The van der Waals surface area contributed by atoms with Crippen LogP contribution >= 0.6 is 0 Å². The van der Waals surface area contributed by atoms with E-state index in [2.05, 4.69) is 26.6 Å². The molecule has 47 heavy (non-hydrogen) atoms. The highest BCUT2D eigenvalue weighted by Gasteiger charge is 2.51. The Bertz CT molecular complexity index is 2340. The Labute approximate surface area is 269 Å². The monoisotopic (exact) mass is 620 g/mol. The summed E-state index contributed by atoms with van der Waals surface area (Å²) >= 11 is 0. The number of halogens is 1. The maximum absolute atomic E-state index is 17.5. The number of rotatable bonds is 5. The Kier molecular flexibility index (Phi) is 6.17. The van der Waals surface area contributed by atoms with Crippen molar-refractivity contribution in [2.24, 2.45) is 5.92 Å². The van der Waals surface area contributed by atoms with E-state index >= 15 is 4.39 Å². The van der Waals surface area contributed by atoms with Gasteiger partial charge in [-0.15, -0.1) is 0 Å². The molecule has 1 amide bonds. The number of pyridine rings is 2. The summed E-state index contributed by atoms with van der Waals surface area (Å²) in [5, 5.41) is 30.1. The second-order valence-corrected chi connectivity index (χ2v) is 12.8. The zero-order chi connectivity index (χ0) is 31.8. The van der Waals surface area contributed by atoms with Crippen molar-refractivity contribution < 1.29 is 14.3 Å². The number of phenolic OH excluding ortho intramolecular Hbond substituents is 1. The molecule has 2 aromatic heterocycles. The zero-order valence-corrected chi connectivity index (χ0v) is 25.3. The zero-order valence-electron chi connectivity index (χ0n) is 25.3. The molecule has 1 aliphatic carbocycles. The fourth-order valence-corrected chi connectivity index (χ4v) is 8.00. The Balaban J connectivity index is 1.38. The van der Waals surface area contributed by atoms with E-state index in [1.165, 1.54) is 0 Å². The highest BCUT2D eigenvalue weighted by atomic mass is 19.1. The first kappa shape index (κ1) is 27.7. The summed E-state index contributed by atoms with van der Waals surface area (Å²) in [6.45, 7) is 1.03. The van der Waals surface area contributed by atoms with Crippen LogP contribution < -0.4 is 15.5 Å². The largest absolute Gasteiger partial charge is 0.508 e. The van der Waals surface area contributed by atoms with Crippen molar-refractivity contribution >= 4 is 49.9 Å². The molecule has 5 heterocycles. The number of aromatic hydroxyl groups is 1. The van der Waals surface area contributed by atoms with Gasteiger partial charge in [0.25, 0.3) is 0 Å². The topological polar surface area (TPSA) is 114 Å². The van der Waals surface area contributed by atoms with Gasteiger partial charge in [-0.2, -0.15) is 5.26 Å². The average Bonchev–Trinajstić information content (AvgIpc) is 3.73. The van der Waals surface area contributed by atoms with Crippen molar-refractivity contribution in [1.82, 2.24) is 15.3 Å². The lowest BCUT2D eigenvalue weighted by Gasteiger charge is -2.47. The number of nitriles is 1. The Hall–Kier alpha value is -5.59. The van der Waals surface area contributed by atoms with E-state index in [1.54, 1.807) is 18.3 Å². The minimum Gasteiger partial charge on any atom is -0.508 e. The van der Waals surface area contributed by atoms with E-state index in [-0.39, 0.29) is 42.2 Å². The second kappa shape index (κ2) is 10.5. The van der Waals surface area contributed by atoms with Gasteiger partial charge in [0.05, 0.1) is 35.2 Å². The maximum atomic E-state index is 17.5. The molecule has 2 bridgehead atoms. The van der Waals surface area contributed by atoms with Crippen molar-refractivity contribution in [3.05, 3.63) is 90.4 Å². The van der Waals surface area contributed by atoms with Gasteiger partial charge in [0.2, 0.25) is 5.91 Å². The molecule has 10 rings (SSSR count). The van der Waals surface area contributed by atoms with E-state index in [0.717, 1.165) is 40.3 Å². The molecule has 0 radical (unpaired) electrons. The first-order valence-electron chi connectivity index (χ1n) is 15.9. The third-order valence-corrected chi connectivity index (χ3v) is 10.1. The number of fused-ring (bicyclic) bond motifs is 6. The SMILES string of the molecule is N#CCCc1cc2c3c(c(-c4ccc5cccnc5c4)nc2c(F)c1-c1cc(O)cc2ccccc12)NC(=O)CN3C1C2CNC1C2. The van der Waals surface area contributed by atoms with Gasteiger partial charge >= 0.3 is 0 Å². The van der Waals surface area contributed by atoms with Crippen LogP contribution in [0.2, 0.25) is 0 Å². The van der Waals surface area contributed by atoms with Crippen molar-refractivity contribution in [3.63, 3.8) is 0 Å². The number of anilines is 2. The number of amides is 1. The van der Waals surface area contributed by atoms with E-state index in [9.17, 15) is 15.2 Å². The predicted molar refractivity (Wildman–Crippen MR) is 181 cm³/mol. The molecule has 8 nitrogen and oxygen atoms in total. The maximum Gasteiger partial charge on any atom is 0.244 e. The van der Waals surface area contributed by atoms with E-state index in [4.69, 9.17) is 4.98 Å². The number of phenols is 1. The Morgan fingerprint density at radius 3 is 2.74 bits per heavy atom. The molecule has 3 unspecified atom stereocenters. The molecule has 4 aliphatic rings. The molecule has 6 aromatic rings. The fraction of sp³-hybridized carbons (Fsp3) is 0.211. The molecular weight excluding hydrogens is 591 g/mol. The highest BCUT2D eigenvalue weighted by molar-refractivity contribution is 6.14. The molecule has 0 spiro atoms. The Morgan fingerprint density at radius 2 is 1.91 bits per heavy atom. The van der Waals surface area contributed by atoms with Crippen LogP contribution in [0.15, 0.2) is 79.0 Å². The van der Waals surface area contributed by atoms with Crippen molar-refractivity contribution in [2.75, 3.05) is 23.3 Å². The van der Waals surface area contributed by atoms with Crippen LogP contribution in [0.1, 0.15) is 18.4 Å². The van der Waals surface area contributed by atoms with E-state index < -0.39 is 5.82 Å². The summed E-state index contributed by atoms with van der Waals surface area (Å²) in [5.41, 5.74) is 4.91. The molecule has 1 saturated carbocycles. The number of nitrogens with one attached hydrogen (secondary N) is 2. The highest BCUT2D eigenvalue weighted by Crippen LogP contribution is 2.50. The van der Waals surface area contributed by atoms with Crippen LogP contribution in [0.5, 0.6) is 5.75 Å². The lowest BCUT2D eigenvalue weighted by atomic mass is 9.78. The second-order valence-electron chi connectivity index (χ2n) is 12.8. The minimum absolute atomic E-state index is 0.0222. The standard InChI is InChI=1S/C38H29FN6O2/c39-33-32(27-17-25(46)13-21-5-1-2-8-26(21)27)22(6-3-11-40)14-28-35(33)44-34(23-10-9-20-7-4-12-41-29(20)15-23)36-38(28)45(19-31(47)43-36)37-24-16-30(37)42-18-24/h1-2,4-5,7-10,12-15,17,24,30,37,42,46H,3,6,16,18-19H2,(H,43,47). The fourth-order valence-electron chi connectivity index (χ4n) is 8.00. The lowest BCUT2D eigenvalue weighted by molar-refractivity contribution is -0.115. The third kappa shape index (κ3) is 4.25. The van der Waals surface area contributed by atoms with Gasteiger partial charge in [0.15, 0.2) is 5.82 Å². The van der Waals surface area contributed by atoms with E-state index in [1.807, 2.05) is 60.7 Å². The molecule has 3 aliphatic heterocycles. The number of benzene rings is 4. The van der Waals surface area contributed by atoms with Crippen LogP contribution in [0.3, 0.4) is 0 Å². The van der Waals surface area contributed by atoms with Gasteiger partial charge in [-0.25, -0.2) is 9.37 Å². The summed E-state index contributed by atoms with van der Waals surface area (Å²) in [5.74, 6) is -0.260. The number of hydrogen-bond acceptors (Lipinski definition) is 7. The summed E-state index contributed by atoms with van der Waals surface area (Å²) in [6, 6.07) is 25.0. The molecule has 4 aromatic carbocycles. The van der Waals surface area contributed by atoms with Crippen LogP contribution in [0.25, 0.3) is 55.0 Å². The molecule has 3 atom stereocenters. The summed E-state index contributed by atoms with van der Waals surface area (Å²) in [7, 11) is 0. The van der Waals surface area contributed by atoms with Crippen molar-refractivity contribution in [2.45, 2.75) is 31.3 Å². The molecule has 9 heteroatoms. The molecule has 3 fully saturated rings. The minimum atomic E-state index is -0.527. The van der Waals surface area contributed by atoms with Crippen LogP contribution in [-0.2, 0) is 11.2 Å². The Morgan fingerprint density at radius 1 is 1.04 bits per heavy atom. The average molecular weight is 621 g/mol. The third-order valence-electron chi connectivity index (χ3n) is 10.1. The predicted octanol–water partition coefficient (Wildman–Crippen LogP) is 6.69. The lowest BCUT2D eigenvalue weighted by Crippen LogP contribution is -2.58. The van der Waals surface area contributed by atoms with E-state index in [0.29, 0.717) is 51.4 Å². The van der Waals surface area contributed by atoms with Crippen LogP contribution in [0, 0.1) is 23.1 Å². The molecule has 2 saturated heterocycles. The van der Waals surface area contributed by atoms with Gasteiger partial charge in [0.1, 0.15) is 11.3 Å². The molecular formula is C38H29FN6O2. The molecule has 230 valence electrons. The van der Waals surface area contributed by atoms with Crippen LogP contribution in [-0.4, -0.2) is 46.2 Å². The number of aromatic nitrogens is 2. The van der Waals surface area contributed by atoms with Gasteiger partial charge in [0, 0.05) is 53.1 Å². The van der Waals surface area contributed by atoms with Crippen LogP contribution in [0.4, 0.5) is 15.8 Å². The smallest absolute Gasteiger partial charge is 0.244 e. The number of carbonyl (C=O) groups is 1. The van der Waals surface area contributed by atoms with Gasteiger partial charge in [-0.05, 0) is 71.0 Å². The van der Waals surface area contributed by atoms with Gasteiger partial charge < -0.3 is 20.6 Å².